The highest BCUT2D eigenvalue weighted by molar-refractivity contribution is 8.18. The lowest BCUT2D eigenvalue weighted by atomic mass is 10.2. The number of nitrogens with one attached hydrogen (secondary N) is 2. The number of nitrogens with zero attached hydrogens (tertiary/aromatic N) is 1. The molecule has 1 aliphatic heterocycles. The number of carbonyl (C=O) groups is 4. The van der Waals surface area contributed by atoms with Crippen molar-refractivity contribution in [3.63, 3.8) is 0 Å². The Bertz CT molecular complexity index is 1110. The van der Waals surface area contributed by atoms with Crippen molar-refractivity contribution in [1.82, 2.24) is 10.2 Å². The molecule has 2 aromatic rings. The van der Waals surface area contributed by atoms with Crippen molar-refractivity contribution in [3.8, 4) is 0 Å². The van der Waals surface area contributed by atoms with Crippen LogP contribution in [0, 0.1) is 5.82 Å². The summed E-state index contributed by atoms with van der Waals surface area (Å²) >= 11 is 2.09. The van der Waals surface area contributed by atoms with Crippen molar-refractivity contribution < 1.29 is 23.6 Å². The Labute approximate surface area is 199 Å². The van der Waals surface area contributed by atoms with Crippen molar-refractivity contribution in [2.45, 2.75) is 24.0 Å². The van der Waals surface area contributed by atoms with E-state index in [1.165, 1.54) is 36.9 Å². The fraction of sp³-hybridized carbons (Fsp3) is 0.217. The van der Waals surface area contributed by atoms with E-state index in [4.69, 9.17) is 0 Å². The molecule has 1 fully saturated rings. The second-order valence-corrected chi connectivity index (χ2v) is 9.52. The molecule has 3 rings (SSSR count). The van der Waals surface area contributed by atoms with Crippen LogP contribution in [0.1, 0.15) is 19.4 Å². The molecule has 0 aliphatic carbocycles. The zero-order valence-corrected chi connectivity index (χ0v) is 19.6. The van der Waals surface area contributed by atoms with E-state index in [9.17, 15) is 23.6 Å². The molecule has 33 heavy (non-hydrogen) atoms. The van der Waals surface area contributed by atoms with Crippen molar-refractivity contribution in [2.24, 2.45) is 0 Å². The predicted molar refractivity (Wildman–Crippen MR) is 128 cm³/mol. The quantitative estimate of drug-likeness (QED) is 0.430. The van der Waals surface area contributed by atoms with Gasteiger partial charge in [0.25, 0.3) is 11.1 Å². The molecule has 1 heterocycles. The predicted octanol–water partition coefficient (Wildman–Crippen LogP) is 4.12. The van der Waals surface area contributed by atoms with E-state index in [2.05, 4.69) is 10.6 Å². The van der Waals surface area contributed by atoms with Gasteiger partial charge in [0.1, 0.15) is 5.82 Å². The fourth-order valence-corrected chi connectivity index (χ4v) is 4.69. The lowest BCUT2D eigenvalue weighted by Gasteiger charge is -2.15. The van der Waals surface area contributed by atoms with E-state index < -0.39 is 22.2 Å². The Morgan fingerprint density at radius 3 is 2.52 bits per heavy atom. The molecule has 0 spiro atoms. The number of amides is 4. The summed E-state index contributed by atoms with van der Waals surface area (Å²) in [4.78, 5) is 50.3. The first-order valence-electron chi connectivity index (χ1n) is 10.1. The number of benzene rings is 2. The Hall–Kier alpha value is -3.11. The van der Waals surface area contributed by atoms with E-state index in [0.29, 0.717) is 5.69 Å². The molecular weight excluding hydrogens is 465 g/mol. The molecule has 7 nitrogen and oxygen atoms in total. The summed E-state index contributed by atoms with van der Waals surface area (Å²) < 4.78 is 13.8. The van der Waals surface area contributed by atoms with Crippen molar-refractivity contribution in [2.75, 3.05) is 18.4 Å². The topological polar surface area (TPSA) is 95.6 Å². The molecule has 0 aromatic heterocycles. The summed E-state index contributed by atoms with van der Waals surface area (Å²) in [5, 5.41) is 4.54. The number of halogens is 1. The van der Waals surface area contributed by atoms with Crippen molar-refractivity contribution >= 4 is 58.2 Å². The third-order valence-electron chi connectivity index (χ3n) is 4.56. The Balaban J connectivity index is 1.49. The Morgan fingerprint density at radius 1 is 1.15 bits per heavy atom. The standard InChI is InChI=1S/C23H22FN3O4S2/c1-14(32-18-9-7-17(8-10-18)26-15(2)28)21(29)25-11-12-27-22(30)20(33-23(27)31)13-16-5-3-4-6-19(16)24/h3-10,13-14H,11-12H2,1-2H3,(H,25,29)(H,26,28)/b20-13-. The maximum atomic E-state index is 13.8. The number of carbonyl (C=O) groups excluding carboxylic acids is 4. The molecule has 1 aliphatic rings. The highest BCUT2D eigenvalue weighted by Gasteiger charge is 2.34. The largest absolute Gasteiger partial charge is 0.353 e. The van der Waals surface area contributed by atoms with Crippen LogP contribution < -0.4 is 10.6 Å². The van der Waals surface area contributed by atoms with Gasteiger partial charge in [-0.25, -0.2) is 4.39 Å². The zero-order chi connectivity index (χ0) is 24.0. The zero-order valence-electron chi connectivity index (χ0n) is 18.0. The van der Waals surface area contributed by atoms with Gasteiger partial charge in [-0.15, -0.1) is 11.8 Å². The van der Waals surface area contributed by atoms with E-state index >= 15 is 0 Å². The summed E-state index contributed by atoms with van der Waals surface area (Å²) in [7, 11) is 0. The SMILES string of the molecule is CC(=O)Nc1ccc(SC(C)C(=O)NCCN2C(=O)S/C(=C\c3ccccc3F)C2=O)cc1. The Kier molecular flexibility index (Phi) is 8.29. The third-order valence-corrected chi connectivity index (χ3v) is 6.58. The number of hydrogen-bond acceptors (Lipinski definition) is 6. The maximum absolute atomic E-state index is 13.8. The van der Waals surface area contributed by atoms with Crippen molar-refractivity contribution in [3.05, 3.63) is 64.8 Å². The van der Waals surface area contributed by atoms with Gasteiger partial charge >= 0.3 is 0 Å². The van der Waals surface area contributed by atoms with E-state index in [1.54, 1.807) is 31.2 Å². The minimum atomic E-state index is -0.510. The summed E-state index contributed by atoms with van der Waals surface area (Å²) in [5.74, 6) is -1.39. The lowest BCUT2D eigenvalue weighted by Crippen LogP contribution is -2.39. The van der Waals surface area contributed by atoms with Crippen LogP contribution >= 0.6 is 23.5 Å². The summed E-state index contributed by atoms with van der Waals surface area (Å²) in [6.45, 7) is 3.31. The van der Waals surface area contributed by atoms with Gasteiger partial charge in [-0.1, -0.05) is 18.2 Å². The average molecular weight is 488 g/mol. The van der Waals surface area contributed by atoms with E-state index in [-0.39, 0.29) is 35.4 Å². The van der Waals surface area contributed by atoms with Gasteiger partial charge in [0.15, 0.2) is 0 Å². The van der Waals surface area contributed by atoms with Crippen LogP contribution in [0.2, 0.25) is 0 Å². The fourth-order valence-electron chi connectivity index (χ4n) is 2.94. The van der Waals surface area contributed by atoms with Crippen LogP contribution in [0.15, 0.2) is 58.3 Å². The average Bonchev–Trinajstić information content (AvgIpc) is 3.03. The molecule has 172 valence electrons. The van der Waals surface area contributed by atoms with Gasteiger partial charge in [-0.05, 0) is 55.1 Å². The highest BCUT2D eigenvalue weighted by atomic mass is 32.2. The van der Waals surface area contributed by atoms with Gasteiger partial charge in [0, 0.05) is 36.2 Å². The minimum absolute atomic E-state index is 0.0216. The van der Waals surface area contributed by atoms with Crippen LogP contribution in [0.25, 0.3) is 6.08 Å². The van der Waals surface area contributed by atoms with Gasteiger partial charge in [-0.3, -0.25) is 24.1 Å². The van der Waals surface area contributed by atoms with Gasteiger partial charge in [0.05, 0.1) is 10.2 Å². The summed E-state index contributed by atoms with van der Waals surface area (Å²) in [6, 6.07) is 13.1. The van der Waals surface area contributed by atoms with Gasteiger partial charge in [0.2, 0.25) is 11.8 Å². The number of anilines is 1. The van der Waals surface area contributed by atoms with Crippen LogP contribution in [0.4, 0.5) is 14.9 Å². The monoisotopic (exact) mass is 487 g/mol. The van der Waals surface area contributed by atoms with Crippen LogP contribution in [-0.4, -0.2) is 46.2 Å². The molecule has 0 saturated carbocycles. The second kappa shape index (κ2) is 11.2. The first-order valence-corrected chi connectivity index (χ1v) is 11.8. The van der Waals surface area contributed by atoms with Crippen LogP contribution in [-0.2, 0) is 14.4 Å². The molecule has 0 radical (unpaired) electrons. The lowest BCUT2D eigenvalue weighted by molar-refractivity contribution is -0.124. The first-order chi connectivity index (χ1) is 15.7. The minimum Gasteiger partial charge on any atom is -0.353 e. The molecule has 4 amide bonds. The molecule has 2 aromatic carbocycles. The van der Waals surface area contributed by atoms with Gasteiger partial charge in [-0.2, -0.15) is 0 Å². The molecule has 1 saturated heterocycles. The van der Waals surface area contributed by atoms with Gasteiger partial charge < -0.3 is 10.6 Å². The number of rotatable bonds is 8. The molecule has 1 unspecified atom stereocenters. The molecular formula is C23H22FN3O4S2. The second-order valence-electron chi connectivity index (χ2n) is 7.11. The first kappa shape index (κ1) is 24.5. The van der Waals surface area contributed by atoms with E-state index in [1.807, 2.05) is 12.1 Å². The number of thioether (sulfide) groups is 2. The Morgan fingerprint density at radius 2 is 1.85 bits per heavy atom. The molecule has 2 N–H and O–H groups in total. The third kappa shape index (κ3) is 6.69. The number of imide groups is 1. The molecule has 0 bridgehead atoms. The summed E-state index contributed by atoms with van der Waals surface area (Å²) in [6.07, 6.45) is 1.36. The normalized spacial score (nSPS) is 15.6. The van der Waals surface area contributed by atoms with Crippen LogP contribution in [0.3, 0.4) is 0 Å². The maximum Gasteiger partial charge on any atom is 0.293 e. The van der Waals surface area contributed by atoms with Crippen molar-refractivity contribution in [1.29, 1.82) is 0 Å². The highest BCUT2D eigenvalue weighted by Crippen LogP contribution is 2.32. The molecule has 1 atom stereocenters. The number of hydrogen-bond donors (Lipinski definition) is 2. The smallest absolute Gasteiger partial charge is 0.293 e. The molecule has 10 heteroatoms. The van der Waals surface area contributed by atoms with E-state index in [0.717, 1.165) is 21.6 Å². The summed E-state index contributed by atoms with van der Waals surface area (Å²) in [5.41, 5.74) is 0.900. The van der Waals surface area contributed by atoms with Crippen LogP contribution in [0.5, 0.6) is 0 Å².